The number of hydrogen-bond donors (Lipinski definition) is 0. The van der Waals surface area contributed by atoms with Crippen molar-refractivity contribution in [2.45, 2.75) is 58.5 Å². The first-order chi connectivity index (χ1) is 15.6. The number of ether oxygens (including phenoxy) is 2. The van der Waals surface area contributed by atoms with E-state index in [-0.39, 0.29) is 18.4 Å². The van der Waals surface area contributed by atoms with Gasteiger partial charge in [-0.3, -0.25) is 9.78 Å². The van der Waals surface area contributed by atoms with Crippen molar-refractivity contribution >= 4 is 17.3 Å². The van der Waals surface area contributed by atoms with Gasteiger partial charge in [-0.15, -0.1) is 11.3 Å². The van der Waals surface area contributed by atoms with Crippen molar-refractivity contribution in [2.24, 2.45) is 0 Å². The molecule has 2 heterocycles. The first-order valence-corrected chi connectivity index (χ1v) is 11.9. The highest BCUT2D eigenvalue weighted by Gasteiger charge is 2.18. The van der Waals surface area contributed by atoms with Gasteiger partial charge in [-0.1, -0.05) is 0 Å². The molecule has 0 aliphatic heterocycles. The summed E-state index contributed by atoms with van der Waals surface area (Å²) in [5.74, 6) is 0.149. The van der Waals surface area contributed by atoms with Crippen molar-refractivity contribution < 1.29 is 18.7 Å². The van der Waals surface area contributed by atoms with Crippen LogP contribution in [0.15, 0.2) is 36.5 Å². The number of carbonyl (C=O) groups excluding carboxylic acids is 1. The van der Waals surface area contributed by atoms with Crippen LogP contribution in [0.25, 0.3) is 10.6 Å². The predicted octanol–water partition coefficient (Wildman–Crippen LogP) is 5.69. The number of hydrogen-bond acceptors (Lipinski definition) is 6. The van der Waals surface area contributed by atoms with Gasteiger partial charge in [-0.25, -0.2) is 9.37 Å². The van der Waals surface area contributed by atoms with Gasteiger partial charge in [-0.2, -0.15) is 0 Å². The minimum absolute atomic E-state index is 0.181. The molecule has 0 N–H and O–H groups in total. The summed E-state index contributed by atoms with van der Waals surface area (Å²) in [5.41, 5.74) is 3.78. The van der Waals surface area contributed by atoms with Crippen LogP contribution in [0.1, 0.15) is 54.4 Å². The molecule has 7 heteroatoms. The average Bonchev–Trinajstić information content (AvgIpc) is 3.23. The van der Waals surface area contributed by atoms with Gasteiger partial charge in [0.1, 0.15) is 23.2 Å². The van der Waals surface area contributed by atoms with E-state index in [2.05, 4.69) is 4.98 Å². The Morgan fingerprint density at radius 1 is 1.19 bits per heavy atom. The molecule has 0 fully saturated rings. The van der Waals surface area contributed by atoms with E-state index < -0.39 is 0 Å². The van der Waals surface area contributed by atoms with Gasteiger partial charge in [0.25, 0.3) is 0 Å². The molecule has 0 bridgehead atoms. The molecule has 2 aromatic heterocycles. The lowest BCUT2D eigenvalue weighted by Gasteiger charge is -2.10. The quantitative estimate of drug-likeness (QED) is 0.389. The first kappa shape index (κ1) is 22.4. The number of aromatic nitrogens is 2. The van der Waals surface area contributed by atoms with Gasteiger partial charge >= 0.3 is 5.97 Å². The summed E-state index contributed by atoms with van der Waals surface area (Å²) in [6, 6.07) is 8.54. The second kappa shape index (κ2) is 10.7. The molecule has 0 radical (unpaired) electrons. The average molecular weight is 455 g/mol. The van der Waals surface area contributed by atoms with Crippen LogP contribution in [0, 0.1) is 5.82 Å². The van der Waals surface area contributed by atoms with Gasteiger partial charge in [0.2, 0.25) is 0 Å². The van der Waals surface area contributed by atoms with E-state index >= 15 is 0 Å². The lowest BCUT2D eigenvalue weighted by atomic mass is 10.0. The Morgan fingerprint density at radius 3 is 2.84 bits per heavy atom. The molecule has 0 saturated heterocycles. The van der Waals surface area contributed by atoms with E-state index in [0.29, 0.717) is 31.6 Å². The third-order valence-corrected chi connectivity index (χ3v) is 6.65. The van der Waals surface area contributed by atoms with E-state index in [0.717, 1.165) is 34.7 Å². The Bertz CT molecular complexity index is 1040. The topological polar surface area (TPSA) is 61.3 Å². The summed E-state index contributed by atoms with van der Waals surface area (Å²) in [6.45, 7) is 2.44. The molecular weight excluding hydrogens is 427 g/mol. The lowest BCUT2D eigenvalue weighted by molar-refractivity contribution is -0.143. The van der Waals surface area contributed by atoms with E-state index in [1.54, 1.807) is 30.5 Å². The second-order valence-corrected chi connectivity index (χ2v) is 8.91. The fourth-order valence-corrected chi connectivity index (χ4v) is 5.02. The van der Waals surface area contributed by atoms with Crippen LogP contribution < -0.4 is 4.74 Å². The summed E-state index contributed by atoms with van der Waals surface area (Å²) in [6.07, 6.45) is 7.94. The molecule has 0 spiro atoms. The number of esters is 1. The van der Waals surface area contributed by atoms with E-state index in [1.807, 2.05) is 12.1 Å². The number of rotatable bonds is 9. The van der Waals surface area contributed by atoms with Crippen LogP contribution in [0.2, 0.25) is 0 Å². The lowest BCUT2D eigenvalue weighted by Crippen LogP contribution is -2.04. The van der Waals surface area contributed by atoms with Crippen molar-refractivity contribution in [3.63, 3.8) is 0 Å². The largest absolute Gasteiger partial charge is 0.487 e. The fourth-order valence-electron chi connectivity index (χ4n) is 3.81. The van der Waals surface area contributed by atoms with E-state index in [4.69, 9.17) is 14.5 Å². The van der Waals surface area contributed by atoms with Crippen LogP contribution in [-0.4, -0.2) is 22.5 Å². The van der Waals surface area contributed by atoms with Gasteiger partial charge in [0.05, 0.1) is 18.5 Å². The van der Waals surface area contributed by atoms with Crippen LogP contribution in [0.3, 0.4) is 0 Å². The molecule has 168 valence electrons. The smallest absolute Gasteiger partial charge is 0.305 e. The Labute approximate surface area is 191 Å². The molecule has 5 nitrogen and oxygen atoms in total. The third-order valence-electron chi connectivity index (χ3n) is 5.45. The van der Waals surface area contributed by atoms with Crippen molar-refractivity contribution in [3.8, 4) is 16.3 Å². The predicted molar refractivity (Wildman–Crippen MR) is 122 cm³/mol. The number of pyridine rings is 1. The van der Waals surface area contributed by atoms with E-state index in [1.165, 1.54) is 35.5 Å². The Morgan fingerprint density at radius 2 is 2.06 bits per heavy atom. The summed E-state index contributed by atoms with van der Waals surface area (Å²) in [4.78, 5) is 22.0. The Kier molecular flexibility index (Phi) is 7.47. The first-order valence-electron chi connectivity index (χ1n) is 11.1. The normalized spacial score (nSPS) is 12.9. The number of nitrogens with zero attached hydrogens (tertiary/aromatic N) is 2. The van der Waals surface area contributed by atoms with Crippen LogP contribution >= 0.6 is 11.3 Å². The fraction of sp³-hybridized carbons (Fsp3) is 0.400. The number of thiazole rings is 1. The van der Waals surface area contributed by atoms with E-state index in [9.17, 15) is 9.18 Å². The van der Waals surface area contributed by atoms with Crippen LogP contribution in [-0.2, 0) is 35.4 Å². The number of carbonyl (C=O) groups is 1. The summed E-state index contributed by atoms with van der Waals surface area (Å²) in [7, 11) is 0. The van der Waals surface area contributed by atoms with Crippen molar-refractivity contribution in [2.75, 3.05) is 6.61 Å². The van der Waals surface area contributed by atoms with Gasteiger partial charge in [-0.05, 0) is 75.8 Å². The minimum atomic E-state index is -0.288. The highest BCUT2D eigenvalue weighted by Crippen LogP contribution is 2.34. The zero-order valence-electron chi connectivity index (χ0n) is 18.2. The highest BCUT2D eigenvalue weighted by atomic mass is 32.1. The van der Waals surface area contributed by atoms with Gasteiger partial charge in [0, 0.05) is 28.1 Å². The second-order valence-electron chi connectivity index (χ2n) is 7.83. The zero-order valence-corrected chi connectivity index (χ0v) is 19.0. The number of benzene rings is 1. The monoisotopic (exact) mass is 454 g/mol. The standard InChI is InChI=1S/C25H27FN2O3S/c1-2-30-24(29)9-5-6-19-11-12-20(15-27-19)31-16-17-14-18(26)10-13-21(17)25-28-22-7-3-4-8-23(22)32-25/h10-15H,2-9,16H2,1H3. The number of halogens is 1. The van der Waals surface area contributed by atoms with Crippen molar-refractivity contribution in [1.29, 1.82) is 0 Å². The maximum absolute atomic E-state index is 14.0. The third kappa shape index (κ3) is 5.71. The van der Waals surface area contributed by atoms with Crippen LogP contribution in [0.5, 0.6) is 5.75 Å². The summed E-state index contributed by atoms with van der Waals surface area (Å²) in [5, 5.41) is 0.936. The molecule has 0 amide bonds. The van der Waals surface area contributed by atoms with Gasteiger partial charge in [0.15, 0.2) is 0 Å². The Balaban J connectivity index is 1.39. The summed E-state index contributed by atoms with van der Waals surface area (Å²) < 4.78 is 24.8. The molecule has 32 heavy (non-hydrogen) atoms. The molecule has 0 atom stereocenters. The van der Waals surface area contributed by atoms with Crippen molar-refractivity contribution in [1.82, 2.24) is 9.97 Å². The molecule has 3 aromatic rings. The zero-order chi connectivity index (χ0) is 22.3. The molecule has 1 aliphatic rings. The summed E-state index contributed by atoms with van der Waals surface area (Å²) >= 11 is 1.71. The minimum Gasteiger partial charge on any atom is -0.487 e. The molecular formula is C25H27FN2O3S. The van der Waals surface area contributed by atoms with Crippen LogP contribution in [0.4, 0.5) is 4.39 Å². The maximum atomic E-state index is 14.0. The molecule has 0 unspecified atom stereocenters. The molecule has 0 saturated carbocycles. The number of fused-ring (bicyclic) bond motifs is 1. The highest BCUT2D eigenvalue weighted by molar-refractivity contribution is 7.15. The SMILES string of the molecule is CCOC(=O)CCCc1ccc(OCc2cc(F)ccc2-c2nc3c(s2)CCCC3)cn1. The van der Waals surface area contributed by atoms with Gasteiger partial charge < -0.3 is 9.47 Å². The molecule has 1 aromatic carbocycles. The maximum Gasteiger partial charge on any atom is 0.305 e. The Hall–Kier alpha value is -2.80. The molecule has 1 aliphatic carbocycles. The number of aryl methyl sites for hydroxylation is 3. The van der Waals surface area contributed by atoms with Crippen molar-refractivity contribution in [3.05, 3.63) is 64.2 Å². The molecule has 4 rings (SSSR count).